The van der Waals surface area contributed by atoms with Crippen molar-refractivity contribution in [3.05, 3.63) is 23.8 Å². The summed E-state index contributed by atoms with van der Waals surface area (Å²) >= 11 is 0. The Kier molecular flexibility index (Phi) is 6.70. The molecular formula is C23H36N4O2. The number of likely N-dealkylation sites (tertiary alicyclic amines) is 2. The molecule has 0 aromatic heterocycles. The van der Waals surface area contributed by atoms with E-state index in [0.29, 0.717) is 29.4 Å². The molecular weight excluding hydrogens is 364 g/mol. The number of hydrogen-bond donors (Lipinski definition) is 2. The molecule has 0 bridgehead atoms. The van der Waals surface area contributed by atoms with Gasteiger partial charge in [0.1, 0.15) is 0 Å². The Morgan fingerprint density at radius 1 is 0.793 bits per heavy atom. The Morgan fingerprint density at radius 2 is 1.24 bits per heavy atom. The lowest BCUT2D eigenvalue weighted by Gasteiger charge is -2.35. The number of urea groups is 2. The molecule has 2 aliphatic heterocycles. The van der Waals surface area contributed by atoms with Gasteiger partial charge in [-0.3, -0.25) is 0 Å². The highest BCUT2D eigenvalue weighted by molar-refractivity contribution is 5.93. The summed E-state index contributed by atoms with van der Waals surface area (Å²) in [6, 6.07) is 5.56. The molecule has 0 radical (unpaired) electrons. The van der Waals surface area contributed by atoms with E-state index in [0.717, 1.165) is 50.3 Å². The van der Waals surface area contributed by atoms with Gasteiger partial charge in [-0.25, -0.2) is 9.59 Å². The maximum Gasteiger partial charge on any atom is 0.321 e. The summed E-state index contributed by atoms with van der Waals surface area (Å²) in [5, 5.41) is 6.06. The number of rotatable bonds is 2. The third kappa shape index (κ3) is 5.64. The van der Waals surface area contributed by atoms with Crippen molar-refractivity contribution in [1.82, 2.24) is 9.80 Å². The number of hydrogen-bond acceptors (Lipinski definition) is 2. The molecule has 6 heteroatoms. The van der Waals surface area contributed by atoms with Crippen LogP contribution in [0, 0.1) is 30.6 Å². The minimum absolute atomic E-state index is 0.0614. The zero-order valence-corrected chi connectivity index (χ0v) is 18.5. The third-order valence-corrected chi connectivity index (χ3v) is 6.04. The van der Waals surface area contributed by atoms with E-state index in [-0.39, 0.29) is 12.1 Å². The SMILES string of the molecule is Cc1ccc(NC(=O)N2C[C@H](C)C[C@H](C)C2)cc1NC(=O)N1C[C@H](C)C[C@@H](C)C1. The van der Waals surface area contributed by atoms with Crippen LogP contribution in [-0.4, -0.2) is 48.0 Å². The largest absolute Gasteiger partial charge is 0.324 e. The van der Waals surface area contributed by atoms with Gasteiger partial charge in [-0.05, 0) is 61.1 Å². The number of anilines is 2. The molecule has 2 saturated heterocycles. The third-order valence-electron chi connectivity index (χ3n) is 6.04. The fourth-order valence-electron chi connectivity index (χ4n) is 4.89. The first-order valence-electron chi connectivity index (χ1n) is 10.9. The van der Waals surface area contributed by atoms with Crippen molar-refractivity contribution >= 4 is 23.4 Å². The van der Waals surface area contributed by atoms with E-state index in [2.05, 4.69) is 38.3 Å². The van der Waals surface area contributed by atoms with Crippen molar-refractivity contribution in [3.8, 4) is 0 Å². The molecule has 2 fully saturated rings. The van der Waals surface area contributed by atoms with Crippen LogP contribution in [0.4, 0.5) is 21.0 Å². The van der Waals surface area contributed by atoms with Crippen molar-refractivity contribution < 1.29 is 9.59 Å². The monoisotopic (exact) mass is 400 g/mol. The fourth-order valence-corrected chi connectivity index (χ4v) is 4.89. The van der Waals surface area contributed by atoms with Crippen LogP contribution in [0.25, 0.3) is 0 Å². The van der Waals surface area contributed by atoms with Crippen LogP contribution in [-0.2, 0) is 0 Å². The first-order chi connectivity index (χ1) is 13.7. The molecule has 160 valence electrons. The van der Waals surface area contributed by atoms with Gasteiger partial charge >= 0.3 is 12.1 Å². The molecule has 4 amide bonds. The number of carbonyl (C=O) groups excluding carboxylic acids is 2. The van der Waals surface area contributed by atoms with Gasteiger partial charge in [-0.1, -0.05) is 33.8 Å². The van der Waals surface area contributed by atoms with Gasteiger partial charge in [0.25, 0.3) is 0 Å². The normalized spacial score (nSPS) is 27.5. The van der Waals surface area contributed by atoms with Crippen LogP contribution in [0.15, 0.2) is 18.2 Å². The maximum atomic E-state index is 12.8. The minimum Gasteiger partial charge on any atom is -0.324 e. The van der Waals surface area contributed by atoms with Crippen LogP contribution >= 0.6 is 0 Å². The van der Waals surface area contributed by atoms with Crippen molar-refractivity contribution in [3.63, 3.8) is 0 Å². The van der Waals surface area contributed by atoms with Gasteiger partial charge in [-0.15, -0.1) is 0 Å². The number of nitrogens with one attached hydrogen (secondary N) is 2. The summed E-state index contributed by atoms with van der Waals surface area (Å²) in [7, 11) is 0. The fraction of sp³-hybridized carbons (Fsp3) is 0.652. The number of aryl methyl sites for hydroxylation is 1. The molecule has 3 rings (SSSR count). The van der Waals surface area contributed by atoms with E-state index in [4.69, 9.17) is 0 Å². The number of piperidine rings is 2. The average molecular weight is 401 g/mol. The van der Waals surface area contributed by atoms with Gasteiger partial charge in [0, 0.05) is 37.6 Å². The Morgan fingerprint density at radius 3 is 1.72 bits per heavy atom. The Hall–Kier alpha value is -2.24. The topological polar surface area (TPSA) is 64.7 Å². The lowest BCUT2D eigenvalue weighted by Crippen LogP contribution is -2.45. The predicted molar refractivity (Wildman–Crippen MR) is 118 cm³/mol. The molecule has 2 N–H and O–H groups in total. The highest BCUT2D eigenvalue weighted by atomic mass is 16.2. The summed E-state index contributed by atoms with van der Waals surface area (Å²) < 4.78 is 0. The summed E-state index contributed by atoms with van der Waals surface area (Å²) in [6.45, 7) is 13.9. The van der Waals surface area contributed by atoms with Crippen molar-refractivity contribution in [1.29, 1.82) is 0 Å². The van der Waals surface area contributed by atoms with Crippen molar-refractivity contribution in [2.45, 2.75) is 47.5 Å². The number of benzene rings is 1. The summed E-state index contributed by atoms with van der Waals surface area (Å²) in [5.74, 6) is 2.08. The predicted octanol–water partition coefficient (Wildman–Crippen LogP) is 5.01. The van der Waals surface area contributed by atoms with Crippen LogP contribution in [0.1, 0.15) is 46.1 Å². The van der Waals surface area contributed by atoms with E-state index in [1.165, 1.54) is 0 Å². The van der Waals surface area contributed by atoms with Gasteiger partial charge in [0.05, 0.1) is 0 Å². The van der Waals surface area contributed by atoms with Gasteiger partial charge < -0.3 is 20.4 Å². The number of amides is 4. The molecule has 29 heavy (non-hydrogen) atoms. The second-order valence-electron chi connectivity index (χ2n) is 9.59. The van der Waals surface area contributed by atoms with Crippen LogP contribution in [0.2, 0.25) is 0 Å². The van der Waals surface area contributed by atoms with Gasteiger partial charge in [-0.2, -0.15) is 0 Å². The van der Waals surface area contributed by atoms with Crippen molar-refractivity contribution in [2.75, 3.05) is 36.8 Å². The zero-order chi connectivity index (χ0) is 21.1. The van der Waals surface area contributed by atoms with Crippen molar-refractivity contribution in [2.24, 2.45) is 23.7 Å². The van der Waals surface area contributed by atoms with E-state index in [1.807, 2.05) is 34.9 Å². The molecule has 6 nitrogen and oxygen atoms in total. The Labute approximate surface area is 175 Å². The lowest BCUT2D eigenvalue weighted by molar-refractivity contribution is 0.156. The molecule has 0 saturated carbocycles. The molecule has 4 atom stereocenters. The standard InChI is InChI=1S/C23H36N4O2/c1-15-8-16(2)12-26(11-15)22(28)24-20-7-6-19(5)21(10-20)25-23(29)27-13-17(3)9-18(4)14-27/h6-7,10,15-18H,8-9,11-14H2,1-5H3,(H,24,28)(H,25,29)/t15-,16+,17-,18-/m1/s1. The first-order valence-corrected chi connectivity index (χ1v) is 10.9. The Bertz CT molecular complexity index is 730. The quantitative estimate of drug-likeness (QED) is 0.732. The van der Waals surface area contributed by atoms with Gasteiger partial charge in [0.15, 0.2) is 0 Å². The van der Waals surface area contributed by atoms with E-state index < -0.39 is 0 Å². The second-order valence-corrected chi connectivity index (χ2v) is 9.59. The van der Waals surface area contributed by atoms with E-state index in [9.17, 15) is 9.59 Å². The molecule has 0 unspecified atom stereocenters. The smallest absolute Gasteiger partial charge is 0.321 e. The zero-order valence-electron chi connectivity index (χ0n) is 18.5. The van der Waals surface area contributed by atoms with Crippen LogP contribution in [0.5, 0.6) is 0 Å². The van der Waals surface area contributed by atoms with Gasteiger partial charge in [0.2, 0.25) is 0 Å². The Balaban J connectivity index is 1.65. The molecule has 1 aromatic rings. The first kappa shape index (κ1) is 21.5. The highest BCUT2D eigenvalue weighted by Crippen LogP contribution is 2.25. The molecule has 2 heterocycles. The average Bonchev–Trinajstić information content (AvgIpc) is 2.62. The summed E-state index contributed by atoms with van der Waals surface area (Å²) in [5.41, 5.74) is 2.44. The van der Waals surface area contributed by atoms with E-state index in [1.54, 1.807) is 0 Å². The molecule has 1 aromatic carbocycles. The molecule has 0 spiro atoms. The summed E-state index contributed by atoms with van der Waals surface area (Å²) in [4.78, 5) is 29.3. The summed E-state index contributed by atoms with van der Waals surface area (Å²) in [6.07, 6.45) is 2.33. The highest BCUT2D eigenvalue weighted by Gasteiger charge is 2.27. The van der Waals surface area contributed by atoms with E-state index >= 15 is 0 Å². The molecule has 0 aliphatic carbocycles. The second kappa shape index (κ2) is 9.06. The molecule has 2 aliphatic rings. The van der Waals surface area contributed by atoms with Crippen LogP contribution in [0.3, 0.4) is 0 Å². The number of nitrogens with zero attached hydrogens (tertiary/aromatic N) is 2. The van der Waals surface area contributed by atoms with Crippen LogP contribution < -0.4 is 10.6 Å². The lowest BCUT2D eigenvalue weighted by atomic mass is 9.92. The maximum absolute atomic E-state index is 12.8. The number of carbonyl (C=O) groups is 2. The minimum atomic E-state index is -0.0665.